The van der Waals surface area contributed by atoms with Crippen LogP contribution in [0.25, 0.3) is 17.4 Å². The van der Waals surface area contributed by atoms with Crippen molar-refractivity contribution >= 4 is 46.2 Å². The largest absolute Gasteiger partial charge is 0.457 e. The molecule has 0 radical (unpaired) electrons. The van der Waals surface area contributed by atoms with Gasteiger partial charge in [-0.3, -0.25) is 4.79 Å². The fourth-order valence-electron chi connectivity index (χ4n) is 2.64. The first-order chi connectivity index (χ1) is 13.1. The van der Waals surface area contributed by atoms with Crippen molar-refractivity contribution in [2.45, 2.75) is 6.92 Å². The van der Waals surface area contributed by atoms with Crippen LogP contribution in [0.5, 0.6) is 0 Å². The molecule has 0 atom stereocenters. The van der Waals surface area contributed by atoms with Gasteiger partial charge < -0.3 is 9.73 Å². The standard InChI is InChI=1S/C21H15ClN2O2S/c1-13-5-2-3-8-17(13)23-21-24-20(25)19(27-21)12-16-9-10-18(26-16)14-6-4-7-15(22)11-14/h2-12H,1H3,(H,23,24,25)/b19-12+. The summed E-state index contributed by atoms with van der Waals surface area (Å²) in [5, 5.41) is 4.00. The first-order valence-corrected chi connectivity index (χ1v) is 9.49. The Kier molecular flexibility index (Phi) is 4.88. The molecule has 3 aromatic rings. The Bertz CT molecular complexity index is 1090. The highest BCUT2D eigenvalue weighted by Gasteiger charge is 2.24. The summed E-state index contributed by atoms with van der Waals surface area (Å²) in [6, 6.07) is 18.9. The number of aryl methyl sites for hydroxylation is 1. The molecule has 0 bridgehead atoms. The highest BCUT2D eigenvalue weighted by atomic mass is 35.5. The zero-order valence-corrected chi connectivity index (χ0v) is 16.0. The van der Waals surface area contributed by atoms with Gasteiger partial charge in [0.25, 0.3) is 5.91 Å². The maximum absolute atomic E-state index is 12.2. The van der Waals surface area contributed by atoms with E-state index in [9.17, 15) is 4.79 Å². The van der Waals surface area contributed by atoms with E-state index in [2.05, 4.69) is 10.3 Å². The van der Waals surface area contributed by atoms with Gasteiger partial charge in [0, 0.05) is 16.7 Å². The highest BCUT2D eigenvalue weighted by molar-refractivity contribution is 8.18. The minimum atomic E-state index is -0.187. The smallest absolute Gasteiger partial charge is 0.264 e. The number of amides is 1. The molecule has 1 N–H and O–H groups in total. The second-order valence-electron chi connectivity index (χ2n) is 5.98. The van der Waals surface area contributed by atoms with Crippen molar-refractivity contribution in [3.63, 3.8) is 0 Å². The molecule has 4 nitrogen and oxygen atoms in total. The monoisotopic (exact) mass is 394 g/mol. The number of hydrogen-bond donors (Lipinski definition) is 1. The van der Waals surface area contributed by atoms with Gasteiger partial charge in [-0.15, -0.1) is 0 Å². The normalized spacial score (nSPS) is 16.9. The molecule has 27 heavy (non-hydrogen) atoms. The summed E-state index contributed by atoms with van der Waals surface area (Å²) in [5.74, 6) is 1.11. The van der Waals surface area contributed by atoms with Crippen LogP contribution in [0.15, 0.2) is 75.0 Å². The summed E-state index contributed by atoms with van der Waals surface area (Å²) in [4.78, 5) is 17.3. The molecule has 0 saturated carbocycles. The van der Waals surface area contributed by atoms with Crippen LogP contribution >= 0.6 is 23.4 Å². The summed E-state index contributed by atoms with van der Waals surface area (Å²) in [6.07, 6.45) is 1.72. The number of benzene rings is 2. The van der Waals surface area contributed by atoms with Gasteiger partial charge in [-0.05, 0) is 54.6 Å². The van der Waals surface area contributed by atoms with Gasteiger partial charge in [0.15, 0.2) is 5.17 Å². The van der Waals surface area contributed by atoms with Gasteiger partial charge >= 0.3 is 0 Å². The Balaban J connectivity index is 1.56. The van der Waals surface area contributed by atoms with E-state index in [0.29, 0.717) is 26.6 Å². The zero-order valence-electron chi connectivity index (χ0n) is 14.4. The van der Waals surface area contributed by atoms with Crippen molar-refractivity contribution in [3.05, 3.63) is 81.9 Å². The average Bonchev–Trinajstić information content (AvgIpc) is 3.24. The van der Waals surface area contributed by atoms with Crippen LogP contribution in [0.2, 0.25) is 5.02 Å². The molecule has 1 fully saturated rings. The number of aliphatic imine (C=N–C) groups is 1. The Morgan fingerprint density at radius 1 is 1.11 bits per heavy atom. The number of thioether (sulfide) groups is 1. The van der Waals surface area contributed by atoms with E-state index >= 15 is 0 Å². The molecule has 134 valence electrons. The molecule has 1 aliphatic heterocycles. The third kappa shape index (κ3) is 3.99. The van der Waals surface area contributed by atoms with Crippen LogP contribution in [-0.4, -0.2) is 11.1 Å². The average molecular weight is 395 g/mol. The lowest BCUT2D eigenvalue weighted by Crippen LogP contribution is -2.19. The molecular weight excluding hydrogens is 380 g/mol. The van der Waals surface area contributed by atoms with Gasteiger partial charge in [0.2, 0.25) is 0 Å². The zero-order chi connectivity index (χ0) is 18.8. The van der Waals surface area contributed by atoms with Crippen molar-refractivity contribution in [1.82, 2.24) is 5.32 Å². The van der Waals surface area contributed by atoms with Gasteiger partial charge in [0.1, 0.15) is 11.5 Å². The molecule has 1 aromatic heterocycles. The first kappa shape index (κ1) is 17.6. The molecule has 0 aliphatic carbocycles. The molecule has 0 spiro atoms. The van der Waals surface area contributed by atoms with Gasteiger partial charge in [0.05, 0.1) is 10.6 Å². The maximum atomic E-state index is 12.2. The predicted molar refractivity (Wildman–Crippen MR) is 111 cm³/mol. The molecule has 1 aliphatic rings. The SMILES string of the molecule is Cc1ccccc1N=C1NC(=O)/C(=C\c2ccc(-c3cccc(Cl)c3)o2)S1. The summed E-state index contributed by atoms with van der Waals surface area (Å²) in [5.41, 5.74) is 2.77. The molecule has 4 rings (SSSR count). The Morgan fingerprint density at radius 3 is 2.78 bits per heavy atom. The van der Waals surface area contributed by atoms with Crippen LogP contribution in [0, 0.1) is 6.92 Å². The van der Waals surface area contributed by atoms with Crippen LogP contribution in [0.3, 0.4) is 0 Å². The maximum Gasteiger partial charge on any atom is 0.264 e. The summed E-state index contributed by atoms with van der Waals surface area (Å²) < 4.78 is 5.84. The van der Waals surface area contributed by atoms with E-state index in [-0.39, 0.29) is 5.91 Å². The van der Waals surface area contributed by atoms with Crippen molar-refractivity contribution in [2.24, 2.45) is 4.99 Å². The topological polar surface area (TPSA) is 54.6 Å². The number of carbonyl (C=O) groups is 1. The minimum Gasteiger partial charge on any atom is -0.457 e. The van der Waals surface area contributed by atoms with E-state index in [4.69, 9.17) is 16.0 Å². The second kappa shape index (κ2) is 7.47. The number of amidine groups is 1. The van der Waals surface area contributed by atoms with Crippen LogP contribution in [0.1, 0.15) is 11.3 Å². The molecular formula is C21H15ClN2O2S. The number of nitrogens with one attached hydrogen (secondary N) is 1. The van der Waals surface area contributed by atoms with Crippen LogP contribution in [0.4, 0.5) is 5.69 Å². The fourth-order valence-corrected chi connectivity index (χ4v) is 3.64. The third-order valence-electron chi connectivity index (χ3n) is 4.00. The van der Waals surface area contributed by atoms with Gasteiger partial charge in [-0.1, -0.05) is 41.9 Å². The van der Waals surface area contributed by atoms with E-state index in [0.717, 1.165) is 16.8 Å². The van der Waals surface area contributed by atoms with E-state index < -0.39 is 0 Å². The first-order valence-electron chi connectivity index (χ1n) is 8.29. The fraction of sp³-hybridized carbons (Fsp3) is 0.0476. The molecule has 2 heterocycles. The van der Waals surface area contributed by atoms with Crippen molar-refractivity contribution in [1.29, 1.82) is 0 Å². The number of nitrogens with zero attached hydrogens (tertiary/aromatic N) is 1. The number of para-hydroxylation sites is 1. The lowest BCUT2D eigenvalue weighted by atomic mass is 10.2. The van der Waals surface area contributed by atoms with E-state index in [1.54, 1.807) is 6.08 Å². The van der Waals surface area contributed by atoms with Gasteiger partial charge in [-0.2, -0.15) is 0 Å². The summed E-state index contributed by atoms with van der Waals surface area (Å²) in [7, 11) is 0. The summed E-state index contributed by atoms with van der Waals surface area (Å²) in [6.45, 7) is 1.98. The second-order valence-corrected chi connectivity index (χ2v) is 7.45. The van der Waals surface area contributed by atoms with Gasteiger partial charge in [-0.25, -0.2) is 4.99 Å². The lowest BCUT2D eigenvalue weighted by molar-refractivity contribution is -0.115. The van der Waals surface area contributed by atoms with Crippen molar-refractivity contribution in [2.75, 3.05) is 0 Å². The van der Waals surface area contributed by atoms with Crippen molar-refractivity contribution in [3.8, 4) is 11.3 Å². The quantitative estimate of drug-likeness (QED) is 0.571. The highest BCUT2D eigenvalue weighted by Crippen LogP contribution is 2.31. The molecule has 0 unspecified atom stereocenters. The van der Waals surface area contributed by atoms with E-state index in [1.165, 1.54) is 11.8 Å². The Morgan fingerprint density at radius 2 is 1.96 bits per heavy atom. The third-order valence-corrected chi connectivity index (χ3v) is 5.14. The lowest BCUT2D eigenvalue weighted by Gasteiger charge is -1.99. The number of halogens is 1. The predicted octanol–water partition coefficient (Wildman–Crippen LogP) is 5.80. The van der Waals surface area contributed by atoms with Crippen LogP contribution in [-0.2, 0) is 4.79 Å². The Labute approximate surface area is 166 Å². The molecule has 2 aromatic carbocycles. The van der Waals surface area contributed by atoms with E-state index in [1.807, 2.05) is 67.6 Å². The number of furan rings is 1. The van der Waals surface area contributed by atoms with Crippen molar-refractivity contribution < 1.29 is 9.21 Å². The van der Waals surface area contributed by atoms with Crippen LogP contribution < -0.4 is 5.32 Å². The summed E-state index contributed by atoms with van der Waals surface area (Å²) >= 11 is 7.32. The number of hydrogen-bond acceptors (Lipinski definition) is 4. The molecule has 1 saturated heterocycles. The number of carbonyl (C=O) groups excluding carboxylic acids is 1. The Hall–Kier alpha value is -2.76. The molecule has 1 amide bonds. The minimum absolute atomic E-state index is 0.187. The number of rotatable bonds is 3. The molecule has 6 heteroatoms.